The molecule has 0 aromatic rings. The minimum absolute atomic E-state index is 0.295. The normalized spacial score (nSPS) is 31.3. The van der Waals surface area contributed by atoms with Crippen molar-refractivity contribution < 1.29 is 9.47 Å². The Kier molecular flexibility index (Phi) is 6.28. The molecule has 1 heterocycles. The summed E-state index contributed by atoms with van der Waals surface area (Å²) in [6, 6.07) is 2.54. The van der Waals surface area contributed by atoms with Gasteiger partial charge in [0.2, 0.25) is 0 Å². The quantitative estimate of drug-likeness (QED) is 0.728. The Morgan fingerprint density at radius 1 is 1.35 bits per heavy atom. The summed E-state index contributed by atoms with van der Waals surface area (Å²) in [5.74, 6) is 1.11. The van der Waals surface area contributed by atoms with E-state index in [0.29, 0.717) is 11.8 Å². The summed E-state index contributed by atoms with van der Waals surface area (Å²) in [6.07, 6.45) is 6.56. The van der Waals surface area contributed by atoms with Gasteiger partial charge in [-0.25, -0.2) is 0 Å². The van der Waals surface area contributed by atoms with E-state index in [4.69, 9.17) is 9.47 Å². The summed E-state index contributed by atoms with van der Waals surface area (Å²) in [4.78, 5) is 0. The number of hydrogen-bond acceptors (Lipinski definition) is 4. The number of ether oxygens (including phenoxy) is 2. The van der Waals surface area contributed by atoms with Gasteiger partial charge < -0.3 is 9.47 Å². The van der Waals surface area contributed by atoms with Crippen LogP contribution in [-0.4, -0.2) is 38.5 Å². The minimum atomic E-state index is -0.295. The van der Waals surface area contributed by atoms with Gasteiger partial charge in [-0.15, -0.1) is 0 Å². The van der Waals surface area contributed by atoms with Crippen molar-refractivity contribution in [3.63, 3.8) is 0 Å². The van der Waals surface area contributed by atoms with Crippen LogP contribution < -0.4 is 5.32 Å². The monoisotopic (exact) mass is 280 g/mol. The van der Waals surface area contributed by atoms with Gasteiger partial charge in [-0.2, -0.15) is 5.26 Å². The molecule has 0 aromatic heterocycles. The number of nitriles is 1. The van der Waals surface area contributed by atoms with Crippen molar-refractivity contribution in [2.24, 2.45) is 11.8 Å². The smallest absolute Gasteiger partial charge is 0.109 e. The van der Waals surface area contributed by atoms with Crippen LogP contribution in [0.4, 0.5) is 0 Å². The van der Waals surface area contributed by atoms with Gasteiger partial charge in [0.25, 0.3) is 0 Å². The third kappa shape index (κ3) is 3.94. The Labute approximate surface area is 122 Å². The first-order valence-electron chi connectivity index (χ1n) is 8.12. The fraction of sp³-hybridized carbons (Fsp3) is 0.938. The lowest BCUT2D eigenvalue weighted by Crippen LogP contribution is -2.47. The van der Waals surface area contributed by atoms with Crippen molar-refractivity contribution in [2.75, 3.05) is 33.0 Å². The molecule has 1 aliphatic heterocycles. The first-order chi connectivity index (χ1) is 9.80. The van der Waals surface area contributed by atoms with Gasteiger partial charge >= 0.3 is 0 Å². The number of hydrogen-bond donors (Lipinski definition) is 1. The van der Waals surface area contributed by atoms with Crippen LogP contribution >= 0.6 is 0 Å². The van der Waals surface area contributed by atoms with Gasteiger partial charge in [0.15, 0.2) is 0 Å². The summed E-state index contributed by atoms with van der Waals surface area (Å²) in [7, 11) is 0. The Bertz CT molecular complexity index is 323. The SMILES string of the molecule is CCNC1(C#N)CCCC1CCOCC1CCOCC1. The van der Waals surface area contributed by atoms with E-state index in [1.54, 1.807) is 0 Å². The highest BCUT2D eigenvalue weighted by molar-refractivity contribution is 5.13. The predicted molar refractivity (Wildman–Crippen MR) is 78.3 cm³/mol. The van der Waals surface area contributed by atoms with Crippen LogP contribution in [0, 0.1) is 23.2 Å². The predicted octanol–water partition coefficient (Wildman–Crippen LogP) is 2.49. The first kappa shape index (κ1) is 15.8. The number of rotatable bonds is 7. The van der Waals surface area contributed by atoms with E-state index in [2.05, 4.69) is 18.3 Å². The van der Waals surface area contributed by atoms with Crippen LogP contribution in [0.5, 0.6) is 0 Å². The number of nitrogens with one attached hydrogen (secondary N) is 1. The van der Waals surface area contributed by atoms with Gasteiger partial charge in [0.05, 0.1) is 6.07 Å². The lowest BCUT2D eigenvalue weighted by molar-refractivity contribution is 0.0164. The van der Waals surface area contributed by atoms with E-state index in [1.807, 2.05) is 0 Å². The van der Waals surface area contributed by atoms with Crippen LogP contribution in [0.2, 0.25) is 0 Å². The van der Waals surface area contributed by atoms with Gasteiger partial charge in [0, 0.05) is 26.4 Å². The van der Waals surface area contributed by atoms with Crippen molar-refractivity contribution in [2.45, 2.75) is 51.0 Å². The maximum Gasteiger partial charge on any atom is 0.109 e. The molecule has 4 heteroatoms. The molecule has 20 heavy (non-hydrogen) atoms. The maximum absolute atomic E-state index is 9.51. The largest absolute Gasteiger partial charge is 0.381 e. The third-order valence-corrected chi connectivity index (χ3v) is 4.82. The molecule has 0 spiro atoms. The van der Waals surface area contributed by atoms with Crippen molar-refractivity contribution in [1.29, 1.82) is 5.26 Å². The molecule has 0 aromatic carbocycles. The Morgan fingerprint density at radius 3 is 2.85 bits per heavy atom. The fourth-order valence-corrected chi connectivity index (χ4v) is 3.59. The molecular formula is C16H28N2O2. The molecule has 114 valence electrons. The van der Waals surface area contributed by atoms with E-state index in [1.165, 1.54) is 0 Å². The van der Waals surface area contributed by atoms with Crippen LogP contribution in [0.3, 0.4) is 0 Å². The molecule has 1 N–H and O–H groups in total. The molecular weight excluding hydrogens is 252 g/mol. The van der Waals surface area contributed by atoms with Crippen LogP contribution in [0.15, 0.2) is 0 Å². The average Bonchev–Trinajstić information content (AvgIpc) is 2.88. The van der Waals surface area contributed by atoms with Crippen LogP contribution in [0.1, 0.15) is 45.4 Å². The van der Waals surface area contributed by atoms with Crippen molar-refractivity contribution in [3.8, 4) is 6.07 Å². The fourth-order valence-electron chi connectivity index (χ4n) is 3.59. The summed E-state index contributed by atoms with van der Waals surface area (Å²) in [6.45, 7) is 6.36. The number of nitrogens with zero attached hydrogens (tertiary/aromatic N) is 1. The van der Waals surface area contributed by atoms with Crippen molar-refractivity contribution in [1.82, 2.24) is 5.32 Å². The zero-order valence-electron chi connectivity index (χ0n) is 12.7. The molecule has 1 saturated heterocycles. The van der Waals surface area contributed by atoms with E-state index in [0.717, 1.165) is 71.5 Å². The van der Waals surface area contributed by atoms with Crippen LogP contribution in [0.25, 0.3) is 0 Å². The third-order valence-electron chi connectivity index (χ3n) is 4.82. The van der Waals surface area contributed by atoms with Gasteiger partial charge in [-0.1, -0.05) is 13.3 Å². The van der Waals surface area contributed by atoms with Crippen LogP contribution in [-0.2, 0) is 9.47 Å². The lowest BCUT2D eigenvalue weighted by atomic mass is 9.86. The zero-order chi connectivity index (χ0) is 14.3. The average molecular weight is 280 g/mol. The topological polar surface area (TPSA) is 54.3 Å². The summed E-state index contributed by atoms with van der Waals surface area (Å²) in [5.41, 5.74) is -0.295. The standard InChI is InChI=1S/C16H28N2O2/c1-2-18-16(13-17)8-3-4-15(16)7-11-20-12-14-5-9-19-10-6-14/h14-15,18H,2-12H2,1H3. The molecule has 4 nitrogen and oxygen atoms in total. The Hall–Kier alpha value is -0.630. The Morgan fingerprint density at radius 2 is 2.15 bits per heavy atom. The minimum Gasteiger partial charge on any atom is -0.381 e. The summed E-state index contributed by atoms with van der Waals surface area (Å²) < 4.78 is 11.2. The van der Waals surface area contributed by atoms with Crippen molar-refractivity contribution >= 4 is 0 Å². The first-order valence-corrected chi connectivity index (χ1v) is 8.12. The van der Waals surface area contributed by atoms with Gasteiger partial charge in [-0.3, -0.25) is 5.32 Å². The van der Waals surface area contributed by atoms with E-state index in [-0.39, 0.29) is 5.54 Å². The van der Waals surface area contributed by atoms with E-state index < -0.39 is 0 Å². The second kappa shape index (κ2) is 7.97. The highest BCUT2D eigenvalue weighted by Gasteiger charge is 2.42. The molecule has 1 aliphatic carbocycles. The lowest BCUT2D eigenvalue weighted by Gasteiger charge is -2.29. The summed E-state index contributed by atoms with van der Waals surface area (Å²) in [5, 5.41) is 12.9. The van der Waals surface area contributed by atoms with Crippen molar-refractivity contribution in [3.05, 3.63) is 0 Å². The molecule has 2 unspecified atom stereocenters. The molecule has 2 atom stereocenters. The van der Waals surface area contributed by atoms with E-state index in [9.17, 15) is 5.26 Å². The van der Waals surface area contributed by atoms with E-state index >= 15 is 0 Å². The second-order valence-electron chi connectivity index (χ2n) is 6.12. The van der Waals surface area contributed by atoms with Gasteiger partial charge in [-0.05, 0) is 50.5 Å². The highest BCUT2D eigenvalue weighted by atomic mass is 16.5. The maximum atomic E-state index is 9.51. The second-order valence-corrected chi connectivity index (χ2v) is 6.12. The molecule has 0 radical (unpaired) electrons. The molecule has 2 rings (SSSR count). The zero-order valence-corrected chi connectivity index (χ0v) is 12.7. The van der Waals surface area contributed by atoms with Gasteiger partial charge in [0.1, 0.15) is 5.54 Å². The molecule has 2 fully saturated rings. The molecule has 1 saturated carbocycles. The highest BCUT2D eigenvalue weighted by Crippen LogP contribution is 2.37. The molecule has 0 amide bonds. The summed E-state index contributed by atoms with van der Waals surface area (Å²) >= 11 is 0. The molecule has 2 aliphatic rings. The molecule has 0 bridgehead atoms. The Balaban J connectivity index is 1.68.